The minimum atomic E-state index is -0.572. The Morgan fingerprint density at radius 3 is 2.50 bits per heavy atom. The van der Waals surface area contributed by atoms with Crippen molar-refractivity contribution in [2.24, 2.45) is 0 Å². The molecule has 26 heavy (non-hydrogen) atoms. The summed E-state index contributed by atoms with van der Waals surface area (Å²) in [5.41, 5.74) is 5.51. The summed E-state index contributed by atoms with van der Waals surface area (Å²) in [6.45, 7) is 1.97. The molecule has 0 saturated carbocycles. The topological polar surface area (TPSA) is 93.5 Å². The Morgan fingerprint density at radius 2 is 1.73 bits per heavy atom. The van der Waals surface area contributed by atoms with E-state index in [-0.39, 0.29) is 18.1 Å². The fourth-order valence-electron chi connectivity index (χ4n) is 2.16. The van der Waals surface area contributed by atoms with Crippen LogP contribution in [0.15, 0.2) is 65.1 Å². The van der Waals surface area contributed by atoms with Gasteiger partial charge in [-0.05, 0) is 43.3 Å². The molecule has 1 aromatic carbocycles. The highest BCUT2D eigenvalue weighted by molar-refractivity contribution is 5.96. The first kappa shape index (κ1) is 17.2. The van der Waals surface area contributed by atoms with Gasteiger partial charge in [0.05, 0.1) is 0 Å². The molecule has 7 nitrogen and oxygen atoms in total. The summed E-state index contributed by atoms with van der Waals surface area (Å²) in [6.07, 6.45) is 0. The second kappa shape index (κ2) is 7.98. The van der Waals surface area contributed by atoms with Crippen molar-refractivity contribution in [2.45, 2.75) is 13.5 Å². The third-order valence-electron chi connectivity index (χ3n) is 3.42. The van der Waals surface area contributed by atoms with Crippen molar-refractivity contribution in [3.8, 4) is 5.75 Å². The molecule has 132 valence electrons. The second-order valence-electron chi connectivity index (χ2n) is 5.44. The Morgan fingerprint density at radius 1 is 0.962 bits per heavy atom. The highest BCUT2D eigenvalue weighted by Gasteiger charge is 2.14. The lowest BCUT2D eigenvalue weighted by molar-refractivity contribution is 0.0826. The van der Waals surface area contributed by atoms with E-state index >= 15 is 0 Å². The molecule has 0 radical (unpaired) electrons. The first-order chi connectivity index (χ1) is 12.6. The minimum absolute atomic E-state index is 0.0640. The largest absolute Gasteiger partial charge is 0.486 e. The Hall–Kier alpha value is -3.61. The predicted octanol–water partition coefficient (Wildman–Crippen LogP) is 2.64. The molecule has 0 aliphatic heterocycles. The van der Waals surface area contributed by atoms with Crippen LogP contribution < -0.4 is 15.6 Å². The summed E-state index contributed by atoms with van der Waals surface area (Å²) in [4.78, 5) is 28.1. The van der Waals surface area contributed by atoms with Gasteiger partial charge in [0.2, 0.25) is 0 Å². The summed E-state index contributed by atoms with van der Waals surface area (Å²) in [7, 11) is 0. The first-order valence-corrected chi connectivity index (χ1v) is 7.93. The third-order valence-corrected chi connectivity index (χ3v) is 3.42. The number of aromatic nitrogens is 1. The van der Waals surface area contributed by atoms with Gasteiger partial charge in [0.1, 0.15) is 23.8 Å². The van der Waals surface area contributed by atoms with Gasteiger partial charge in [0.25, 0.3) is 5.91 Å². The number of rotatable bonds is 5. The SMILES string of the molecule is Cc1cccc(C(=O)NNC(=O)c2ccc(COc3ccccc3)o2)n1. The van der Waals surface area contributed by atoms with Crippen molar-refractivity contribution in [1.29, 1.82) is 0 Å². The van der Waals surface area contributed by atoms with Crippen LogP contribution in [0.1, 0.15) is 32.5 Å². The molecule has 0 saturated heterocycles. The number of furan rings is 1. The smallest absolute Gasteiger partial charge is 0.305 e. The van der Waals surface area contributed by atoms with E-state index in [1.807, 2.05) is 30.3 Å². The number of aryl methyl sites for hydroxylation is 1. The monoisotopic (exact) mass is 351 g/mol. The Labute approximate surface area is 150 Å². The Kier molecular flexibility index (Phi) is 5.28. The van der Waals surface area contributed by atoms with Crippen LogP contribution in [-0.2, 0) is 6.61 Å². The summed E-state index contributed by atoms with van der Waals surface area (Å²) in [5, 5.41) is 0. The molecular weight excluding hydrogens is 334 g/mol. The molecule has 0 fully saturated rings. The Balaban J connectivity index is 1.52. The second-order valence-corrected chi connectivity index (χ2v) is 5.44. The quantitative estimate of drug-likeness (QED) is 0.689. The van der Waals surface area contributed by atoms with Crippen molar-refractivity contribution >= 4 is 11.8 Å². The number of carbonyl (C=O) groups is 2. The zero-order valence-electron chi connectivity index (χ0n) is 14.1. The lowest BCUT2D eigenvalue weighted by Gasteiger charge is -2.06. The fraction of sp³-hybridized carbons (Fsp3) is 0.105. The highest BCUT2D eigenvalue weighted by atomic mass is 16.5. The zero-order chi connectivity index (χ0) is 18.4. The van der Waals surface area contributed by atoms with Crippen LogP contribution in [0.25, 0.3) is 0 Å². The molecule has 2 aromatic heterocycles. The summed E-state index contributed by atoms with van der Waals surface area (Å²) in [5.74, 6) is 0.172. The number of hydrogen-bond acceptors (Lipinski definition) is 5. The van der Waals surface area contributed by atoms with Gasteiger partial charge >= 0.3 is 5.91 Å². The maximum Gasteiger partial charge on any atom is 0.305 e. The van der Waals surface area contributed by atoms with E-state index in [1.54, 1.807) is 31.2 Å². The molecule has 2 heterocycles. The molecule has 0 spiro atoms. The van der Waals surface area contributed by atoms with E-state index in [0.29, 0.717) is 17.2 Å². The molecule has 0 atom stereocenters. The lowest BCUT2D eigenvalue weighted by atomic mass is 10.3. The summed E-state index contributed by atoms with van der Waals surface area (Å²) in [6, 6.07) is 17.5. The van der Waals surface area contributed by atoms with Gasteiger partial charge in [-0.15, -0.1) is 0 Å². The number of pyridine rings is 1. The van der Waals surface area contributed by atoms with Crippen molar-refractivity contribution in [3.63, 3.8) is 0 Å². The molecule has 0 unspecified atom stereocenters. The number of para-hydroxylation sites is 1. The van der Waals surface area contributed by atoms with Crippen molar-refractivity contribution in [1.82, 2.24) is 15.8 Å². The van der Waals surface area contributed by atoms with Crippen LogP contribution >= 0.6 is 0 Å². The maximum absolute atomic E-state index is 12.1. The van der Waals surface area contributed by atoms with Gasteiger partial charge in [0, 0.05) is 5.69 Å². The third kappa shape index (κ3) is 4.47. The van der Waals surface area contributed by atoms with Crippen LogP contribution in [0.3, 0.4) is 0 Å². The van der Waals surface area contributed by atoms with Crippen LogP contribution in [0.5, 0.6) is 5.75 Å². The van der Waals surface area contributed by atoms with Gasteiger partial charge < -0.3 is 9.15 Å². The van der Waals surface area contributed by atoms with Gasteiger partial charge in [-0.1, -0.05) is 24.3 Å². The predicted molar refractivity (Wildman–Crippen MR) is 93.4 cm³/mol. The number of carbonyl (C=O) groups excluding carboxylic acids is 2. The highest BCUT2D eigenvalue weighted by Crippen LogP contribution is 2.13. The molecule has 0 aliphatic carbocycles. The molecular formula is C19H17N3O4. The van der Waals surface area contributed by atoms with E-state index in [4.69, 9.17) is 9.15 Å². The number of amides is 2. The standard InChI is InChI=1S/C19H17N3O4/c1-13-6-5-9-16(20-13)18(23)21-22-19(24)17-11-10-15(26-17)12-25-14-7-3-2-4-8-14/h2-11H,12H2,1H3,(H,21,23)(H,22,24). The molecule has 2 amide bonds. The number of nitrogens with zero attached hydrogens (tertiary/aromatic N) is 1. The normalized spacial score (nSPS) is 10.2. The van der Waals surface area contributed by atoms with E-state index in [0.717, 1.165) is 0 Å². The number of benzene rings is 1. The maximum atomic E-state index is 12.1. The van der Waals surface area contributed by atoms with Gasteiger partial charge in [0.15, 0.2) is 5.76 Å². The average molecular weight is 351 g/mol. The van der Waals surface area contributed by atoms with E-state index in [1.165, 1.54) is 6.07 Å². The van der Waals surface area contributed by atoms with Gasteiger partial charge in [-0.3, -0.25) is 20.4 Å². The molecule has 3 rings (SSSR count). The zero-order valence-corrected chi connectivity index (χ0v) is 14.1. The Bertz CT molecular complexity index is 906. The fourth-order valence-corrected chi connectivity index (χ4v) is 2.16. The van der Waals surface area contributed by atoms with Gasteiger partial charge in [-0.25, -0.2) is 4.98 Å². The number of nitrogens with one attached hydrogen (secondary N) is 2. The lowest BCUT2D eigenvalue weighted by Crippen LogP contribution is -2.41. The van der Waals surface area contributed by atoms with Crippen LogP contribution in [-0.4, -0.2) is 16.8 Å². The molecule has 0 aliphatic rings. The van der Waals surface area contributed by atoms with Gasteiger partial charge in [-0.2, -0.15) is 0 Å². The summed E-state index contributed by atoms with van der Waals surface area (Å²) >= 11 is 0. The number of hydrogen-bond donors (Lipinski definition) is 2. The average Bonchev–Trinajstić information content (AvgIpc) is 3.14. The molecule has 2 N–H and O–H groups in total. The van der Waals surface area contributed by atoms with Crippen molar-refractivity contribution in [2.75, 3.05) is 0 Å². The van der Waals surface area contributed by atoms with Crippen LogP contribution in [0.4, 0.5) is 0 Å². The molecule has 7 heteroatoms. The van der Waals surface area contributed by atoms with E-state index in [2.05, 4.69) is 15.8 Å². The number of hydrazine groups is 1. The van der Waals surface area contributed by atoms with Crippen molar-refractivity contribution < 1.29 is 18.7 Å². The first-order valence-electron chi connectivity index (χ1n) is 7.93. The summed E-state index contributed by atoms with van der Waals surface area (Å²) < 4.78 is 11.0. The van der Waals surface area contributed by atoms with E-state index in [9.17, 15) is 9.59 Å². The van der Waals surface area contributed by atoms with Crippen LogP contribution in [0.2, 0.25) is 0 Å². The number of ether oxygens (including phenoxy) is 1. The molecule has 0 bridgehead atoms. The molecule has 3 aromatic rings. The van der Waals surface area contributed by atoms with E-state index < -0.39 is 11.8 Å². The van der Waals surface area contributed by atoms with Crippen LogP contribution in [0, 0.1) is 6.92 Å². The minimum Gasteiger partial charge on any atom is -0.486 e. The van der Waals surface area contributed by atoms with Crippen molar-refractivity contribution in [3.05, 3.63) is 83.6 Å².